The van der Waals surface area contributed by atoms with Crippen molar-refractivity contribution in [1.29, 1.82) is 0 Å². The van der Waals surface area contributed by atoms with Crippen LogP contribution in [0.5, 0.6) is 0 Å². The zero-order valence-corrected chi connectivity index (χ0v) is 32.8. The average molecular weight is 759 g/mol. The Hall–Kier alpha value is -6.52. The van der Waals surface area contributed by atoms with Gasteiger partial charge >= 0.3 is 0 Å². The van der Waals surface area contributed by atoms with Crippen LogP contribution in [0.1, 0.15) is 65.5 Å². The van der Waals surface area contributed by atoms with Gasteiger partial charge in [-0.2, -0.15) is 0 Å². The van der Waals surface area contributed by atoms with E-state index in [4.69, 9.17) is 19.9 Å². The molecule has 0 N–H and O–H groups in total. The number of hydrogen-bond donors (Lipinski definition) is 0. The van der Waals surface area contributed by atoms with Gasteiger partial charge in [-0.1, -0.05) is 146 Å². The summed E-state index contributed by atoms with van der Waals surface area (Å²) in [5.41, 5.74) is 15.6. The number of pyridine rings is 1. The Kier molecular flexibility index (Phi) is 7.08. The molecule has 59 heavy (non-hydrogen) atoms. The smallest absolute Gasteiger partial charge is 0.164 e. The maximum absolute atomic E-state index is 5.51. The van der Waals surface area contributed by atoms with Crippen LogP contribution >= 0.6 is 0 Å². The monoisotopic (exact) mass is 758 g/mol. The minimum atomic E-state index is -0.514. The first-order chi connectivity index (χ1) is 29.2. The Balaban J connectivity index is 1.04. The van der Waals surface area contributed by atoms with Crippen molar-refractivity contribution < 1.29 is 0 Å². The molecule has 2 aromatic heterocycles. The van der Waals surface area contributed by atoms with Gasteiger partial charge in [0.25, 0.3) is 0 Å². The second-order valence-electron chi connectivity index (χ2n) is 17.8. The van der Waals surface area contributed by atoms with Crippen molar-refractivity contribution >= 4 is 0 Å². The van der Waals surface area contributed by atoms with Gasteiger partial charge in [0.05, 0.1) is 5.41 Å². The minimum absolute atomic E-state index is 0.00263. The van der Waals surface area contributed by atoms with Gasteiger partial charge in [0.1, 0.15) is 0 Å². The van der Waals surface area contributed by atoms with E-state index in [-0.39, 0.29) is 5.41 Å². The molecule has 0 radical (unpaired) electrons. The molecule has 4 saturated carbocycles. The highest BCUT2D eigenvalue weighted by Crippen LogP contribution is 2.69. The molecule has 8 aromatic rings. The lowest BCUT2D eigenvalue weighted by Gasteiger charge is -2.61. The quantitative estimate of drug-likeness (QED) is 0.175. The summed E-state index contributed by atoms with van der Waals surface area (Å²) in [6, 6.07) is 57.4. The van der Waals surface area contributed by atoms with Crippen LogP contribution in [0.3, 0.4) is 0 Å². The summed E-state index contributed by atoms with van der Waals surface area (Å²) in [6.07, 6.45) is 10.9. The molecule has 6 aromatic carbocycles. The normalized spacial score (nSPS) is 23.5. The number of rotatable bonds is 5. The molecule has 6 aliphatic rings. The second-order valence-corrected chi connectivity index (χ2v) is 17.8. The molecular weight excluding hydrogens is 717 g/mol. The Morgan fingerprint density at radius 3 is 1.69 bits per heavy atom. The van der Waals surface area contributed by atoms with Gasteiger partial charge in [-0.05, 0) is 124 Å². The molecule has 0 amide bonds. The van der Waals surface area contributed by atoms with Crippen LogP contribution in [0.2, 0.25) is 0 Å². The number of benzene rings is 6. The van der Waals surface area contributed by atoms with E-state index in [2.05, 4.69) is 164 Å². The molecule has 0 saturated heterocycles. The van der Waals surface area contributed by atoms with Crippen molar-refractivity contribution in [3.05, 3.63) is 203 Å². The molecule has 0 aliphatic heterocycles. The van der Waals surface area contributed by atoms with Gasteiger partial charge in [0.2, 0.25) is 0 Å². The largest absolute Gasteiger partial charge is 0.264 e. The van der Waals surface area contributed by atoms with Crippen LogP contribution in [0.4, 0.5) is 0 Å². The van der Waals surface area contributed by atoms with Gasteiger partial charge in [-0.15, -0.1) is 0 Å². The fourth-order valence-corrected chi connectivity index (χ4v) is 13.2. The number of fused-ring (bicyclic) bond motifs is 6. The second kappa shape index (κ2) is 12.5. The van der Waals surface area contributed by atoms with E-state index >= 15 is 0 Å². The number of hydrogen-bond acceptors (Lipinski definition) is 4. The lowest BCUT2D eigenvalue weighted by atomic mass is 9.43. The first kappa shape index (κ1) is 33.5. The van der Waals surface area contributed by atoms with E-state index in [0.29, 0.717) is 29.3 Å². The summed E-state index contributed by atoms with van der Waals surface area (Å²) in [7, 11) is 0. The lowest BCUT2D eigenvalue weighted by Crippen LogP contribution is -2.55. The summed E-state index contributed by atoms with van der Waals surface area (Å²) < 4.78 is 0. The number of nitrogens with zero attached hydrogens (tertiary/aromatic N) is 4. The topological polar surface area (TPSA) is 51.6 Å². The maximum atomic E-state index is 5.51. The first-order valence-corrected chi connectivity index (χ1v) is 21.5. The summed E-state index contributed by atoms with van der Waals surface area (Å²) >= 11 is 0. The van der Waals surface area contributed by atoms with E-state index in [1.807, 2.05) is 6.20 Å². The van der Waals surface area contributed by atoms with E-state index in [1.54, 1.807) is 0 Å². The lowest BCUT2D eigenvalue weighted by molar-refractivity contribution is -0.0400. The number of aromatic nitrogens is 4. The highest BCUT2D eigenvalue weighted by atomic mass is 15.0. The average Bonchev–Trinajstić information content (AvgIpc) is 3.77. The third-order valence-electron chi connectivity index (χ3n) is 15.1. The van der Waals surface area contributed by atoms with Crippen molar-refractivity contribution in [3.63, 3.8) is 0 Å². The van der Waals surface area contributed by atoms with E-state index in [0.717, 1.165) is 28.5 Å². The van der Waals surface area contributed by atoms with Crippen LogP contribution < -0.4 is 0 Å². The molecule has 0 atom stereocenters. The fourth-order valence-electron chi connectivity index (χ4n) is 13.2. The zero-order valence-electron chi connectivity index (χ0n) is 32.8. The molecule has 4 heteroatoms. The molecular formula is C55H42N4. The van der Waals surface area contributed by atoms with E-state index in [9.17, 15) is 0 Å². The predicted molar refractivity (Wildman–Crippen MR) is 234 cm³/mol. The third-order valence-corrected chi connectivity index (χ3v) is 15.1. The maximum Gasteiger partial charge on any atom is 0.164 e. The van der Waals surface area contributed by atoms with Crippen molar-refractivity contribution in [2.45, 2.75) is 42.9 Å². The standard InChI is InChI=1S/C55H42N4/c1-4-13-36(14-5-1)51-57-52(37-23-24-42-43-25-26-56-33-49(43)55(48(42)32-37)40-28-34-27-35(30-40)31-41(55)29-34)59-53(58-51)45-20-12-22-47-50(45)44-19-10-11-21-46(44)54(47,38-15-6-2-7-16-38)39-17-8-3-9-18-39/h1-26,32-35,40-41H,27-31H2. The molecule has 4 nitrogen and oxygen atoms in total. The van der Waals surface area contributed by atoms with Crippen LogP contribution in [0.25, 0.3) is 56.4 Å². The van der Waals surface area contributed by atoms with E-state index < -0.39 is 5.41 Å². The minimum Gasteiger partial charge on any atom is -0.264 e. The molecule has 4 bridgehead atoms. The van der Waals surface area contributed by atoms with Crippen molar-refractivity contribution in [2.75, 3.05) is 0 Å². The van der Waals surface area contributed by atoms with Gasteiger partial charge in [-0.25, -0.2) is 15.0 Å². The zero-order chi connectivity index (χ0) is 38.7. The molecule has 0 unspecified atom stereocenters. The third kappa shape index (κ3) is 4.55. The highest BCUT2D eigenvalue weighted by molar-refractivity contribution is 5.94. The molecule has 4 fully saturated rings. The van der Waals surface area contributed by atoms with Crippen LogP contribution in [0.15, 0.2) is 170 Å². The van der Waals surface area contributed by atoms with Crippen LogP contribution in [-0.2, 0) is 10.8 Å². The van der Waals surface area contributed by atoms with Crippen molar-refractivity contribution in [3.8, 4) is 56.4 Å². The molecule has 6 aliphatic carbocycles. The van der Waals surface area contributed by atoms with Gasteiger partial charge in [0.15, 0.2) is 17.5 Å². The molecule has 14 rings (SSSR count). The SMILES string of the molecule is c1ccc(-c2nc(-c3ccc4c(c3)C3(c5cnccc5-4)C4CC5CC(C4)CC3C5)nc(-c3cccc4c3-c3ccccc3C4(c3ccccc3)c3ccccc3)n2)cc1. The summed E-state index contributed by atoms with van der Waals surface area (Å²) in [6.45, 7) is 0. The Morgan fingerprint density at radius 1 is 0.407 bits per heavy atom. The first-order valence-electron chi connectivity index (χ1n) is 21.5. The van der Waals surface area contributed by atoms with Crippen LogP contribution in [-0.4, -0.2) is 19.9 Å². The highest BCUT2D eigenvalue weighted by Gasteiger charge is 2.61. The molecule has 2 heterocycles. The molecule has 282 valence electrons. The fraction of sp³-hybridized carbons (Fsp3) is 0.200. The van der Waals surface area contributed by atoms with Gasteiger partial charge in [0, 0.05) is 34.5 Å². The van der Waals surface area contributed by atoms with Crippen molar-refractivity contribution in [2.24, 2.45) is 23.7 Å². The summed E-state index contributed by atoms with van der Waals surface area (Å²) in [4.78, 5) is 21.0. The van der Waals surface area contributed by atoms with E-state index in [1.165, 1.54) is 87.7 Å². The Labute approximate surface area is 345 Å². The van der Waals surface area contributed by atoms with Crippen molar-refractivity contribution in [1.82, 2.24) is 19.9 Å². The summed E-state index contributed by atoms with van der Waals surface area (Å²) in [5, 5.41) is 0. The van der Waals surface area contributed by atoms with Gasteiger partial charge < -0.3 is 0 Å². The van der Waals surface area contributed by atoms with Gasteiger partial charge in [-0.3, -0.25) is 4.98 Å². The Morgan fingerprint density at radius 2 is 0.983 bits per heavy atom. The summed E-state index contributed by atoms with van der Waals surface area (Å²) in [5.74, 6) is 5.12. The van der Waals surface area contributed by atoms with Crippen LogP contribution in [0, 0.1) is 23.7 Å². The Bertz CT molecular complexity index is 2890. The predicted octanol–water partition coefficient (Wildman–Crippen LogP) is 12.4. The molecule has 1 spiro atoms.